The summed E-state index contributed by atoms with van der Waals surface area (Å²) in [6, 6.07) is 0.962. The number of likely N-dealkylation sites (tertiary alicyclic amines) is 1. The second kappa shape index (κ2) is 5.35. The van der Waals surface area contributed by atoms with Gasteiger partial charge < -0.3 is 10.4 Å². The van der Waals surface area contributed by atoms with Gasteiger partial charge in [0.05, 0.1) is 11.8 Å². The highest BCUT2D eigenvalue weighted by atomic mass is 16.4. The van der Waals surface area contributed by atoms with Crippen LogP contribution in [0.4, 0.5) is 0 Å². The molecule has 1 heterocycles. The maximum atomic E-state index is 12.4. The summed E-state index contributed by atoms with van der Waals surface area (Å²) in [6.45, 7) is 4.04. The van der Waals surface area contributed by atoms with Crippen molar-refractivity contribution in [3.8, 4) is 0 Å². The molecule has 112 valence electrons. The summed E-state index contributed by atoms with van der Waals surface area (Å²) in [4.78, 5) is 26.1. The molecule has 0 aromatic heterocycles. The number of carboxylic acid groups (broad SMARTS) is 1. The van der Waals surface area contributed by atoms with Crippen LogP contribution in [0.5, 0.6) is 0 Å². The highest BCUT2D eigenvalue weighted by Crippen LogP contribution is 2.37. The van der Waals surface area contributed by atoms with E-state index >= 15 is 0 Å². The number of carbonyl (C=O) groups is 2. The molecule has 1 amide bonds. The summed E-state index contributed by atoms with van der Waals surface area (Å²) in [5.74, 6) is -1.35. The molecule has 0 aromatic carbocycles. The molecule has 0 spiro atoms. The van der Waals surface area contributed by atoms with Crippen LogP contribution >= 0.6 is 0 Å². The van der Waals surface area contributed by atoms with Crippen LogP contribution in [0.3, 0.4) is 0 Å². The van der Waals surface area contributed by atoms with E-state index in [4.69, 9.17) is 0 Å². The van der Waals surface area contributed by atoms with Crippen molar-refractivity contribution < 1.29 is 14.7 Å². The molecule has 3 aliphatic rings. The Morgan fingerprint density at radius 2 is 1.85 bits per heavy atom. The summed E-state index contributed by atoms with van der Waals surface area (Å²) >= 11 is 0. The van der Waals surface area contributed by atoms with Gasteiger partial charge >= 0.3 is 5.97 Å². The highest BCUT2D eigenvalue weighted by Gasteiger charge is 2.42. The number of amides is 1. The van der Waals surface area contributed by atoms with E-state index in [0.29, 0.717) is 18.8 Å². The molecule has 4 unspecified atom stereocenters. The summed E-state index contributed by atoms with van der Waals surface area (Å²) in [7, 11) is 0. The summed E-state index contributed by atoms with van der Waals surface area (Å²) < 4.78 is 0. The van der Waals surface area contributed by atoms with E-state index in [1.807, 2.05) is 6.92 Å². The summed E-state index contributed by atoms with van der Waals surface area (Å²) in [5.41, 5.74) is 0. The van der Waals surface area contributed by atoms with Gasteiger partial charge in [0.1, 0.15) is 0 Å². The van der Waals surface area contributed by atoms with Crippen LogP contribution in [-0.2, 0) is 9.59 Å². The van der Waals surface area contributed by atoms with Crippen LogP contribution in [0.1, 0.15) is 39.0 Å². The van der Waals surface area contributed by atoms with Gasteiger partial charge in [-0.2, -0.15) is 0 Å². The first kappa shape index (κ1) is 13.9. The Morgan fingerprint density at radius 1 is 1.15 bits per heavy atom. The number of aliphatic carboxylic acids is 1. The van der Waals surface area contributed by atoms with Crippen LogP contribution in [0.25, 0.3) is 0 Å². The first-order valence-electron chi connectivity index (χ1n) is 7.82. The number of carboxylic acids is 1. The van der Waals surface area contributed by atoms with Crippen molar-refractivity contribution in [3.05, 3.63) is 0 Å². The average molecular weight is 280 g/mol. The highest BCUT2D eigenvalue weighted by molar-refractivity contribution is 5.85. The van der Waals surface area contributed by atoms with Gasteiger partial charge in [-0.15, -0.1) is 0 Å². The molecule has 0 aromatic rings. The number of nitrogens with one attached hydrogen (secondary N) is 1. The SMILES string of the molecule is CC1CC(C(=O)O)C(C(=O)NC2CCN(C3CC3)C2)C1. The second-order valence-corrected chi connectivity index (χ2v) is 6.85. The monoisotopic (exact) mass is 280 g/mol. The lowest BCUT2D eigenvalue weighted by molar-refractivity contribution is -0.146. The van der Waals surface area contributed by atoms with Crippen molar-refractivity contribution in [1.29, 1.82) is 0 Å². The van der Waals surface area contributed by atoms with E-state index in [1.165, 1.54) is 12.8 Å². The van der Waals surface area contributed by atoms with Crippen LogP contribution in [0, 0.1) is 17.8 Å². The normalized spacial score (nSPS) is 38.0. The summed E-state index contributed by atoms with van der Waals surface area (Å²) in [5, 5.41) is 12.3. The van der Waals surface area contributed by atoms with Gasteiger partial charge in [-0.25, -0.2) is 0 Å². The molecular weight excluding hydrogens is 256 g/mol. The predicted octanol–water partition coefficient (Wildman–Crippen LogP) is 1.09. The molecule has 2 aliphatic carbocycles. The lowest BCUT2D eigenvalue weighted by atomic mass is 9.95. The van der Waals surface area contributed by atoms with Crippen molar-refractivity contribution in [3.63, 3.8) is 0 Å². The number of carbonyl (C=O) groups excluding carboxylic acids is 1. The molecular formula is C15H24N2O3. The first-order chi connectivity index (χ1) is 9.54. The molecule has 5 nitrogen and oxygen atoms in total. The van der Waals surface area contributed by atoms with Gasteiger partial charge in [-0.3, -0.25) is 14.5 Å². The van der Waals surface area contributed by atoms with Gasteiger partial charge in [0.2, 0.25) is 5.91 Å². The van der Waals surface area contributed by atoms with Gasteiger partial charge in [0.15, 0.2) is 0 Å². The zero-order valence-corrected chi connectivity index (χ0v) is 12.0. The minimum Gasteiger partial charge on any atom is -0.481 e. The van der Waals surface area contributed by atoms with Crippen molar-refractivity contribution >= 4 is 11.9 Å². The van der Waals surface area contributed by atoms with E-state index in [-0.39, 0.29) is 17.9 Å². The van der Waals surface area contributed by atoms with E-state index < -0.39 is 11.9 Å². The topological polar surface area (TPSA) is 69.6 Å². The van der Waals surface area contributed by atoms with Crippen molar-refractivity contribution in [1.82, 2.24) is 10.2 Å². The minimum absolute atomic E-state index is 0.0376. The van der Waals surface area contributed by atoms with Crippen molar-refractivity contribution in [2.24, 2.45) is 17.8 Å². The van der Waals surface area contributed by atoms with Crippen molar-refractivity contribution in [2.45, 2.75) is 51.1 Å². The number of nitrogens with zero attached hydrogens (tertiary/aromatic N) is 1. The molecule has 0 bridgehead atoms. The third-order valence-corrected chi connectivity index (χ3v) is 5.08. The molecule has 3 fully saturated rings. The zero-order valence-electron chi connectivity index (χ0n) is 12.0. The van der Waals surface area contributed by atoms with Gasteiger partial charge in [0.25, 0.3) is 0 Å². The number of hydrogen-bond donors (Lipinski definition) is 2. The van der Waals surface area contributed by atoms with Crippen molar-refractivity contribution in [2.75, 3.05) is 13.1 Å². The molecule has 20 heavy (non-hydrogen) atoms. The van der Waals surface area contributed by atoms with E-state index in [9.17, 15) is 14.7 Å². The molecule has 4 atom stereocenters. The van der Waals surface area contributed by atoms with Crippen LogP contribution in [0.15, 0.2) is 0 Å². The average Bonchev–Trinajstić information content (AvgIpc) is 3.01. The quantitative estimate of drug-likeness (QED) is 0.808. The molecule has 3 rings (SSSR count). The molecule has 2 N–H and O–H groups in total. The van der Waals surface area contributed by atoms with E-state index in [0.717, 1.165) is 25.6 Å². The molecule has 0 radical (unpaired) electrons. The lowest BCUT2D eigenvalue weighted by Crippen LogP contribution is -2.42. The predicted molar refractivity (Wildman–Crippen MR) is 74.2 cm³/mol. The van der Waals surface area contributed by atoms with Gasteiger partial charge in [0, 0.05) is 25.2 Å². The maximum Gasteiger partial charge on any atom is 0.307 e. The molecule has 2 saturated carbocycles. The Morgan fingerprint density at radius 3 is 2.50 bits per heavy atom. The largest absolute Gasteiger partial charge is 0.481 e. The Balaban J connectivity index is 1.54. The fourth-order valence-electron chi connectivity index (χ4n) is 3.84. The minimum atomic E-state index is -0.819. The number of hydrogen-bond acceptors (Lipinski definition) is 3. The third kappa shape index (κ3) is 2.82. The third-order valence-electron chi connectivity index (χ3n) is 5.08. The van der Waals surface area contributed by atoms with E-state index in [2.05, 4.69) is 10.2 Å². The Hall–Kier alpha value is -1.10. The fraction of sp³-hybridized carbons (Fsp3) is 0.867. The molecule has 5 heteroatoms. The molecule has 1 aliphatic heterocycles. The van der Waals surface area contributed by atoms with Gasteiger partial charge in [-0.1, -0.05) is 6.92 Å². The zero-order chi connectivity index (χ0) is 14.3. The molecule has 1 saturated heterocycles. The van der Waals surface area contributed by atoms with Crippen LogP contribution in [0.2, 0.25) is 0 Å². The van der Waals surface area contributed by atoms with E-state index in [1.54, 1.807) is 0 Å². The Bertz CT molecular complexity index is 408. The lowest BCUT2D eigenvalue weighted by Gasteiger charge is -2.20. The smallest absolute Gasteiger partial charge is 0.307 e. The second-order valence-electron chi connectivity index (χ2n) is 6.85. The van der Waals surface area contributed by atoms with Crippen LogP contribution < -0.4 is 5.32 Å². The fourth-order valence-corrected chi connectivity index (χ4v) is 3.84. The first-order valence-corrected chi connectivity index (χ1v) is 7.82. The summed E-state index contributed by atoms with van der Waals surface area (Å²) in [6.07, 6.45) is 4.93. The number of rotatable bonds is 4. The van der Waals surface area contributed by atoms with Gasteiger partial charge in [-0.05, 0) is 38.0 Å². The maximum absolute atomic E-state index is 12.4. The van der Waals surface area contributed by atoms with Crippen LogP contribution in [-0.4, -0.2) is 47.1 Å². The Labute approximate surface area is 119 Å². The Kier molecular flexibility index (Phi) is 3.71. The standard InChI is InChI=1S/C15H24N2O3/c1-9-6-12(13(7-9)15(19)20)14(18)16-10-4-5-17(8-10)11-2-3-11/h9-13H,2-8H2,1H3,(H,16,18)(H,19,20).